The fourth-order valence-electron chi connectivity index (χ4n) is 0.704. The Balaban J connectivity index is 2.49. The molecule has 0 saturated heterocycles. The predicted octanol–water partition coefficient (Wildman–Crippen LogP) is -0.520. The molecular formula is C8H10N4O. The highest BCUT2D eigenvalue weighted by Gasteiger charge is 1.94. The van der Waals surface area contributed by atoms with E-state index in [1.165, 1.54) is 13.1 Å². The second-order valence-electron chi connectivity index (χ2n) is 2.41. The van der Waals surface area contributed by atoms with E-state index in [2.05, 4.69) is 27.4 Å². The van der Waals surface area contributed by atoms with Gasteiger partial charge in [0, 0.05) is 6.92 Å². The molecular weight excluding hydrogens is 168 g/mol. The van der Waals surface area contributed by atoms with E-state index in [1.54, 1.807) is 0 Å². The normalized spacial score (nSPS) is 8.69. The van der Waals surface area contributed by atoms with Crippen LogP contribution in [0.1, 0.15) is 12.5 Å². The molecule has 0 fully saturated rings. The van der Waals surface area contributed by atoms with Crippen molar-refractivity contribution in [3.8, 4) is 11.8 Å². The number of rotatable bonds is 1. The van der Waals surface area contributed by atoms with Gasteiger partial charge in [-0.05, 0) is 0 Å². The Kier molecular flexibility index (Phi) is 2.92. The fourth-order valence-corrected chi connectivity index (χ4v) is 0.704. The summed E-state index contributed by atoms with van der Waals surface area (Å²) < 4.78 is 0. The van der Waals surface area contributed by atoms with Crippen LogP contribution in [-0.2, 0) is 4.79 Å². The Labute approximate surface area is 75.7 Å². The van der Waals surface area contributed by atoms with Crippen molar-refractivity contribution in [3.05, 3.63) is 11.8 Å². The summed E-state index contributed by atoms with van der Waals surface area (Å²) in [7, 11) is 0. The summed E-state index contributed by atoms with van der Waals surface area (Å²) in [5, 5.41) is 8.80. The third kappa shape index (κ3) is 2.87. The zero-order valence-electron chi connectivity index (χ0n) is 7.22. The molecule has 0 bridgehead atoms. The summed E-state index contributed by atoms with van der Waals surface area (Å²) >= 11 is 0. The first-order chi connectivity index (χ1) is 6.20. The lowest BCUT2D eigenvalue weighted by atomic mass is 10.3. The van der Waals surface area contributed by atoms with E-state index in [9.17, 15) is 4.79 Å². The number of nitrogens with two attached hydrogens (primary N) is 1. The monoisotopic (exact) mass is 178 g/mol. The smallest absolute Gasteiger partial charge is 0.217 e. The zero-order chi connectivity index (χ0) is 9.68. The van der Waals surface area contributed by atoms with Gasteiger partial charge in [0.2, 0.25) is 5.91 Å². The molecule has 0 aromatic carbocycles. The van der Waals surface area contributed by atoms with E-state index in [0.717, 1.165) is 0 Å². The second kappa shape index (κ2) is 4.16. The topological polar surface area (TPSA) is 83.8 Å². The summed E-state index contributed by atoms with van der Waals surface area (Å²) in [5.74, 6) is 5.84. The minimum atomic E-state index is -0.102. The lowest BCUT2D eigenvalue weighted by Gasteiger charge is -1.90. The standard InChI is InChI=1S/C8H10N4O/c1-6(13)10-4-2-3-7-5-11-12-8(7)9/h5H,4H2,1H3,(H,10,13)(H3,9,11,12). The van der Waals surface area contributed by atoms with Gasteiger partial charge in [-0.25, -0.2) is 0 Å². The number of anilines is 1. The third-order valence-corrected chi connectivity index (χ3v) is 1.32. The van der Waals surface area contributed by atoms with Crippen LogP contribution in [0.3, 0.4) is 0 Å². The van der Waals surface area contributed by atoms with E-state index in [0.29, 0.717) is 17.9 Å². The minimum Gasteiger partial charge on any atom is -0.383 e. The quantitative estimate of drug-likeness (QED) is 0.506. The first-order valence-electron chi connectivity index (χ1n) is 3.72. The molecule has 4 N–H and O–H groups in total. The van der Waals surface area contributed by atoms with E-state index >= 15 is 0 Å². The van der Waals surface area contributed by atoms with Crippen LogP contribution < -0.4 is 11.1 Å². The van der Waals surface area contributed by atoms with Crippen LogP contribution in [0.5, 0.6) is 0 Å². The van der Waals surface area contributed by atoms with Crippen LogP contribution >= 0.6 is 0 Å². The van der Waals surface area contributed by atoms with Crippen molar-refractivity contribution < 1.29 is 4.79 Å². The average Bonchev–Trinajstić information content (AvgIpc) is 2.45. The van der Waals surface area contributed by atoms with Crippen LogP contribution in [0.25, 0.3) is 0 Å². The van der Waals surface area contributed by atoms with Gasteiger partial charge in [0.05, 0.1) is 18.3 Å². The largest absolute Gasteiger partial charge is 0.383 e. The SMILES string of the molecule is CC(=O)NCC#Cc1cn[nH]c1N. The molecule has 0 aliphatic rings. The molecule has 1 aromatic heterocycles. The molecule has 68 valence electrons. The van der Waals surface area contributed by atoms with Crippen molar-refractivity contribution >= 4 is 11.7 Å². The second-order valence-corrected chi connectivity index (χ2v) is 2.41. The highest BCUT2D eigenvalue weighted by molar-refractivity contribution is 5.73. The molecule has 0 aliphatic heterocycles. The van der Waals surface area contributed by atoms with Gasteiger partial charge in [-0.15, -0.1) is 0 Å². The van der Waals surface area contributed by atoms with Gasteiger partial charge in [-0.2, -0.15) is 5.10 Å². The summed E-state index contributed by atoms with van der Waals surface area (Å²) in [4.78, 5) is 10.4. The Hall–Kier alpha value is -1.96. The maximum atomic E-state index is 10.4. The van der Waals surface area contributed by atoms with Crippen LogP contribution in [0, 0.1) is 11.8 Å². The highest BCUT2D eigenvalue weighted by atomic mass is 16.1. The number of nitrogens with zero attached hydrogens (tertiary/aromatic N) is 1. The van der Waals surface area contributed by atoms with Gasteiger partial charge >= 0.3 is 0 Å². The third-order valence-electron chi connectivity index (χ3n) is 1.32. The Morgan fingerprint density at radius 2 is 2.62 bits per heavy atom. The molecule has 0 unspecified atom stereocenters. The zero-order valence-corrected chi connectivity index (χ0v) is 7.22. The summed E-state index contributed by atoms with van der Waals surface area (Å²) in [6.45, 7) is 1.76. The first kappa shape index (κ1) is 9.13. The molecule has 0 radical (unpaired) electrons. The van der Waals surface area contributed by atoms with Gasteiger partial charge in [0.1, 0.15) is 5.82 Å². The van der Waals surface area contributed by atoms with E-state index in [-0.39, 0.29) is 5.91 Å². The molecule has 5 nitrogen and oxygen atoms in total. The summed E-state index contributed by atoms with van der Waals surface area (Å²) in [6, 6.07) is 0. The predicted molar refractivity (Wildman–Crippen MR) is 48.6 cm³/mol. The Morgan fingerprint density at radius 1 is 1.85 bits per heavy atom. The maximum absolute atomic E-state index is 10.4. The molecule has 1 rings (SSSR count). The van der Waals surface area contributed by atoms with Crippen molar-refractivity contribution in [1.29, 1.82) is 0 Å². The molecule has 0 saturated carbocycles. The van der Waals surface area contributed by atoms with Gasteiger partial charge in [0.15, 0.2) is 0 Å². The number of hydrogen-bond donors (Lipinski definition) is 3. The molecule has 1 heterocycles. The van der Waals surface area contributed by atoms with Crippen molar-refractivity contribution in [1.82, 2.24) is 15.5 Å². The lowest BCUT2D eigenvalue weighted by molar-refractivity contribution is -0.118. The van der Waals surface area contributed by atoms with E-state index in [4.69, 9.17) is 5.73 Å². The number of nitrogens with one attached hydrogen (secondary N) is 2. The Bertz CT molecular complexity index is 358. The molecule has 1 amide bonds. The lowest BCUT2D eigenvalue weighted by Crippen LogP contribution is -2.19. The van der Waals surface area contributed by atoms with Gasteiger partial charge in [0.25, 0.3) is 0 Å². The number of carbonyl (C=O) groups is 1. The van der Waals surface area contributed by atoms with Crippen molar-refractivity contribution in [2.45, 2.75) is 6.92 Å². The number of H-pyrrole nitrogens is 1. The molecule has 13 heavy (non-hydrogen) atoms. The number of carbonyl (C=O) groups excluding carboxylic acids is 1. The van der Waals surface area contributed by atoms with Crippen molar-refractivity contribution in [3.63, 3.8) is 0 Å². The van der Waals surface area contributed by atoms with Gasteiger partial charge in [-0.1, -0.05) is 11.8 Å². The van der Waals surface area contributed by atoms with Crippen LogP contribution in [0.15, 0.2) is 6.20 Å². The van der Waals surface area contributed by atoms with Crippen molar-refractivity contribution in [2.24, 2.45) is 0 Å². The number of amides is 1. The van der Waals surface area contributed by atoms with Crippen LogP contribution in [0.4, 0.5) is 5.82 Å². The first-order valence-corrected chi connectivity index (χ1v) is 3.72. The van der Waals surface area contributed by atoms with E-state index < -0.39 is 0 Å². The molecule has 1 aromatic rings. The molecule has 0 spiro atoms. The molecule has 0 atom stereocenters. The molecule has 0 aliphatic carbocycles. The van der Waals surface area contributed by atoms with E-state index in [1.807, 2.05) is 0 Å². The number of aromatic amines is 1. The Morgan fingerprint density at radius 3 is 3.15 bits per heavy atom. The minimum absolute atomic E-state index is 0.102. The number of aromatic nitrogens is 2. The van der Waals surface area contributed by atoms with Gasteiger partial charge in [-0.3, -0.25) is 9.89 Å². The highest BCUT2D eigenvalue weighted by Crippen LogP contribution is 2.01. The van der Waals surface area contributed by atoms with Gasteiger partial charge < -0.3 is 11.1 Å². The number of hydrogen-bond acceptors (Lipinski definition) is 3. The van der Waals surface area contributed by atoms with Crippen LogP contribution in [0.2, 0.25) is 0 Å². The maximum Gasteiger partial charge on any atom is 0.217 e. The summed E-state index contributed by atoms with van der Waals surface area (Å²) in [6.07, 6.45) is 1.54. The number of nitrogen functional groups attached to an aromatic ring is 1. The summed E-state index contributed by atoms with van der Waals surface area (Å²) in [5.41, 5.74) is 6.12. The average molecular weight is 178 g/mol. The van der Waals surface area contributed by atoms with Crippen molar-refractivity contribution in [2.75, 3.05) is 12.3 Å². The fraction of sp³-hybridized carbons (Fsp3) is 0.250. The molecule has 5 heteroatoms. The van der Waals surface area contributed by atoms with Crippen LogP contribution in [-0.4, -0.2) is 22.6 Å².